The highest BCUT2D eigenvalue weighted by molar-refractivity contribution is 6.35. The number of fused-ring (bicyclic) bond motifs is 5. The zero-order chi connectivity index (χ0) is 20.3. The van der Waals surface area contributed by atoms with Crippen LogP contribution in [0, 0.1) is 47.3 Å². The maximum atomic E-state index is 13.5. The summed E-state index contributed by atoms with van der Waals surface area (Å²) in [6.45, 7) is 0. The van der Waals surface area contributed by atoms with E-state index in [0.29, 0.717) is 27.6 Å². The van der Waals surface area contributed by atoms with Gasteiger partial charge in [0.2, 0.25) is 11.8 Å². The van der Waals surface area contributed by atoms with E-state index in [1.165, 1.54) is 42.6 Å². The number of carbonyl (C=O) groups excluding carboxylic acids is 2. The maximum Gasteiger partial charge on any atom is 0.238 e. The van der Waals surface area contributed by atoms with E-state index in [1.807, 2.05) is 0 Å². The topological polar surface area (TPSA) is 37.4 Å². The molecule has 30 heavy (non-hydrogen) atoms. The molecule has 7 aliphatic rings. The molecule has 1 heterocycles. The van der Waals surface area contributed by atoms with Gasteiger partial charge in [-0.2, -0.15) is 0 Å². The van der Waals surface area contributed by atoms with Crippen molar-refractivity contribution < 1.29 is 9.59 Å². The zero-order valence-corrected chi connectivity index (χ0v) is 18.1. The molecule has 3 nitrogen and oxygen atoms in total. The molecular formula is C25H23Cl2NO2. The van der Waals surface area contributed by atoms with Crippen molar-refractivity contribution in [2.75, 3.05) is 4.90 Å². The van der Waals surface area contributed by atoms with Crippen LogP contribution < -0.4 is 4.90 Å². The van der Waals surface area contributed by atoms with Crippen LogP contribution in [0.4, 0.5) is 5.69 Å². The van der Waals surface area contributed by atoms with E-state index < -0.39 is 0 Å². The quantitative estimate of drug-likeness (QED) is 0.417. The molecule has 8 rings (SSSR count). The number of anilines is 1. The predicted molar refractivity (Wildman–Crippen MR) is 116 cm³/mol. The summed E-state index contributed by atoms with van der Waals surface area (Å²) < 4.78 is 0. The smallest absolute Gasteiger partial charge is 0.238 e. The molecule has 6 fully saturated rings. The van der Waals surface area contributed by atoms with Gasteiger partial charge in [-0.3, -0.25) is 9.59 Å². The molecule has 6 aliphatic carbocycles. The Labute approximate surface area is 186 Å². The largest absolute Gasteiger partial charge is 0.274 e. The molecule has 5 saturated carbocycles. The lowest BCUT2D eigenvalue weighted by Gasteiger charge is -2.52. The lowest BCUT2D eigenvalue weighted by atomic mass is 9.53. The first-order valence-corrected chi connectivity index (χ1v) is 12.0. The first-order chi connectivity index (χ1) is 14.5. The van der Waals surface area contributed by atoms with Crippen LogP contribution in [0.15, 0.2) is 41.5 Å². The van der Waals surface area contributed by atoms with Gasteiger partial charge in [0.05, 0.1) is 17.5 Å². The minimum atomic E-state index is -0.259. The molecule has 0 radical (unpaired) electrons. The van der Waals surface area contributed by atoms with E-state index in [1.54, 1.807) is 23.8 Å². The van der Waals surface area contributed by atoms with Crippen molar-refractivity contribution in [1.29, 1.82) is 0 Å². The second-order valence-electron chi connectivity index (χ2n) is 10.3. The zero-order valence-electron chi connectivity index (χ0n) is 16.6. The van der Waals surface area contributed by atoms with Crippen LogP contribution in [0.5, 0.6) is 0 Å². The first-order valence-electron chi connectivity index (χ1n) is 11.3. The lowest BCUT2D eigenvalue weighted by molar-refractivity contribution is -0.122. The molecular weight excluding hydrogens is 417 g/mol. The van der Waals surface area contributed by atoms with Gasteiger partial charge in [-0.15, -0.1) is 0 Å². The third kappa shape index (κ3) is 2.23. The molecule has 1 aromatic rings. The van der Waals surface area contributed by atoms with Crippen LogP contribution in [0.25, 0.3) is 0 Å². The highest BCUT2D eigenvalue weighted by Gasteiger charge is 2.63. The first kappa shape index (κ1) is 18.0. The monoisotopic (exact) mass is 439 g/mol. The molecule has 6 bridgehead atoms. The van der Waals surface area contributed by atoms with Gasteiger partial charge >= 0.3 is 0 Å². The summed E-state index contributed by atoms with van der Waals surface area (Å²) in [6.07, 6.45) is 11.2. The minimum Gasteiger partial charge on any atom is -0.274 e. The van der Waals surface area contributed by atoms with Crippen molar-refractivity contribution >= 4 is 40.7 Å². The van der Waals surface area contributed by atoms with E-state index in [-0.39, 0.29) is 35.5 Å². The van der Waals surface area contributed by atoms with Crippen molar-refractivity contribution in [2.24, 2.45) is 47.3 Å². The third-order valence-electron chi connectivity index (χ3n) is 8.87. The Balaban J connectivity index is 1.29. The number of benzene rings is 1. The average Bonchev–Trinajstić information content (AvgIpc) is 3.30. The lowest BCUT2D eigenvalue weighted by Crippen LogP contribution is -2.41. The van der Waals surface area contributed by atoms with Crippen LogP contribution in [0.2, 0.25) is 10.0 Å². The molecule has 0 spiro atoms. The number of hydrogen-bond acceptors (Lipinski definition) is 2. The fourth-order valence-electron chi connectivity index (χ4n) is 8.23. The van der Waals surface area contributed by atoms with Crippen LogP contribution in [0.3, 0.4) is 0 Å². The number of rotatable bonds is 1. The van der Waals surface area contributed by atoms with E-state index in [4.69, 9.17) is 23.2 Å². The Hall–Kier alpha value is -1.58. The third-order valence-corrected chi connectivity index (χ3v) is 9.31. The van der Waals surface area contributed by atoms with Gasteiger partial charge in [0.25, 0.3) is 0 Å². The molecule has 1 aromatic carbocycles. The van der Waals surface area contributed by atoms with Crippen LogP contribution >= 0.6 is 23.2 Å². The van der Waals surface area contributed by atoms with Crippen molar-refractivity contribution in [2.45, 2.75) is 32.1 Å². The Kier molecular flexibility index (Phi) is 3.61. The van der Waals surface area contributed by atoms with Crippen molar-refractivity contribution in [1.82, 2.24) is 0 Å². The normalized spacial score (nSPS) is 42.8. The van der Waals surface area contributed by atoms with Gasteiger partial charge in [-0.05, 0) is 74.0 Å². The fraction of sp³-hybridized carbons (Fsp3) is 0.520. The highest BCUT2D eigenvalue weighted by Crippen LogP contribution is 2.64. The number of amides is 2. The summed E-state index contributed by atoms with van der Waals surface area (Å²) in [4.78, 5) is 28.4. The van der Waals surface area contributed by atoms with Crippen LogP contribution in [-0.2, 0) is 9.59 Å². The summed E-state index contributed by atoms with van der Waals surface area (Å²) in [5.74, 6) is 2.75. The van der Waals surface area contributed by atoms with E-state index in [2.05, 4.69) is 12.2 Å². The Morgan fingerprint density at radius 2 is 1.20 bits per heavy atom. The molecule has 5 heteroatoms. The summed E-state index contributed by atoms with van der Waals surface area (Å²) in [7, 11) is 0. The van der Waals surface area contributed by atoms with Crippen molar-refractivity contribution in [3.8, 4) is 0 Å². The number of nitrogens with zero attached hydrogens (tertiary/aromatic N) is 1. The van der Waals surface area contributed by atoms with Gasteiger partial charge < -0.3 is 0 Å². The molecule has 4 unspecified atom stereocenters. The summed E-state index contributed by atoms with van der Waals surface area (Å²) in [5, 5.41) is 0.875. The molecule has 1 saturated heterocycles. The molecule has 0 aromatic heterocycles. The molecule has 1 aliphatic heterocycles. The predicted octanol–water partition coefficient (Wildman–Crippen LogP) is 5.67. The highest BCUT2D eigenvalue weighted by atomic mass is 35.5. The second kappa shape index (κ2) is 6.01. The van der Waals surface area contributed by atoms with Crippen molar-refractivity contribution in [3.63, 3.8) is 0 Å². The van der Waals surface area contributed by atoms with Gasteiger partial charge in [-0.1, -0.05) is 46.5 Å². The molecule has 154 valence electrons. The Morgan fingerprint density at radius 3 is 1.70 bits per heavy atom. The van der Waals surface area contributed by atoms with Gasteiger partial charge in [0.1, 0.15) is 0 Å². The van der Waals surface area contributed by atoms with E-state index >= 15 is 0 Å². The summed E-state index contributed by atoms with van der Waals surface area (Å²) in [5.41, 5.74) is 3.62. The number of hydrogen-bond donors (Lipinski definition) is 0. The Morgan fingerprint density at radius 1 is 0.700 bits per heavy atom. The SMILES string of the molecule is O=C1C2C3C=CC(C3=C3C4CC5CC(C4)CC3C5)C2C(=O)N1c1cc(Cl)cc(Cl)c1. The molecule has 0 N–H and O–H groups in total. The van der Waals surface area contributed by atoms with Gasteiger partial charge in [0.15, 0.2) is 0 Å². The van der Waals surface area contributed by atoms with E-state index in [9.17, 15) is 9.59 Å². The van der Waals surface area contributed by atoms with Gasteiger partial charge in [0, 0.05) is 21.9 Å². The standard InChI is InChI=1S/C25H23Cl2NO2/c26-15-8-16(27)10-17(9-15)28-24(29)22-18-1-2-19(23(22)25(28)30)21(18)20-13-4-11-3-12(6-13)7-14(20)5-11/h1-2,8-14,18-19,22-23H,3-7H2. The number of halogens is 2. The second-order valence-corrected chi connectivity index (χ2v) is 11.2. The fourth-order valence-corrected chi connectivity index (χ4v) is 8.75. The van der Waals surface area contributed by atoms with E-state index in [0.717, 1.165) is 11.8 Å². The average molecular weight is 440 g/mol. The number of carbonyl (C=O) groups is 2. The number of allylic oxidation sites excluding steroid dienone is 4. The molecule has 4 atom stereocenters. The summed E-state index contributed by atoms with van der Waals surface area (Å²) in [6, 6.07) is 4.95. The van der Waals surface area contributed by atoms with Crippen LogP contribution in [0.1, 0.15) is 32.1 Å². The minimum absolute atomic E-state index is 0.0814. The maximum absolute atomic E-state index is 13.5. The van der Waals surface area contributed by atoms with Crippen molar-refractivity contribution in [3.05, 3.63) is 51.5 Å². The molecule has 2 amide bonds. The van der Waals surface area contributed by atoms with Gasteiger partial charge in [-0.25, -0.2) is 4.90 Å². The number of imide groups is 1. The van der Waals surface area contributed by atoms with Crippen LogP contribution in [-0.4, -0.2) is 11.8 Å². The Bertz CT molecular complexity index is 989. The summed E-state index contributed by atoms with van der Waals surface area (Å²) >= 11 is 12.3.